The number of nitrogens with two attached hydrogens (primary N) is 1. The van der Waals surface area contributed by atoms with Crippen LogP contribution in [0.2, 0.25) is 5.02 Å². The zero-order valence-corrected chi connectivity index (χ0v) is 11.9. The maximum Gasteiger partial charge on any atom is 0.231 e. The summed E-state index contributed by atoms with van der Waals surface area (Å²) in [6.45, 7) is 0.267. The number of rotatable bonds is 3. The molecule has 0 fully saturated rings. The Morgan fingerprint density at radius 1 is 1.10 bits per heavy atom. The number of ether oxygens (including phenoxy) is 2. The Labute approximate surface area is 127 Å². The van der Waals surface area contributed by atoms with Crippen LogP contribution < -0.4 is 15.2 Å². The molecule has 0 spiro atoms. The lowest BCUT2D eigenvalue weighted by molar-refractivity contribution is 0.174. The van der Waals surface area contributed by atoms with Crippen LogP contribution in [-0.2, 0) is 0 Å². The molecule has 4 nitrogen and oxygen atoms in total. The number of aliphatic imine (C=N–C) groups is 1. The Balaban J connectivity index is 1.74. The molecule has 2 aromatic carbocycles. The van der Waals surface area contributed by atoms with Gasteiger partial charge in [0.15, 0.2) is 11.5 Å². The third kappa shape index (κ3) is 3.35. The summed E-state index contributed by atoms with van der Waals surface area (Å²) in [7, 11) is 0. The SMILES string of the molecule is NC(C=Cc1ccc2c(c1)OCO2)=Nc1ccc(Cl)cc1. The average Bonchev–Trinajstić information content (AvgIpc) is 2.95. The lowest BCUT2D eigenvalue weighted by Crippen LogP contribution is -2.06. The van der Waals surface area contributed by atoms with Crippen LogP contribution in [0.25, 0.3) is 6.08 Å². The predicted molar refractivity (Wildman–Crippen MR) is 84.3 cm³/mol. The van der Waals surface area contributed by atoms with E-state index in [0.717, 1.165) is 22.7 Å². The fourth-order valence-electron chi connectivity index (χ4n) is 1.90. The molecule has 2 aromatic rings. The van der Waals surface area contributed by atoms with Gasteiger partial charge in [-0.25, -0.2) is 4.99 Å². The molecule has 0 saturated carbocycles. The molecule has 0 atom stereocenters. The zero-order valence-electron chi connectivity index (χ0n) is 11.1. The van der Waals surface area contributed by atoms with Crippen LogP contribution in [0.5, 0.6) is 11.5 Å². The van der Waals surface area contributed by atoms with Gasteiger partial charge in [0.25, 0.3) is 0 Å². The van der Waals surface area contributed by atoms with Gasteiger partial charge in [0.05, 0.1) is 5.69 Å². The van der Waals surface area contributed by atoms with Crippen LogP contribution in [0, 0.1) is 0 Å². The Bertz CT molecular complexity index is 709. The van der Waals surface area contributed by atoms with E-state index in [-0.39, 0.29) is 6.79 Å². The summed E-state index contributed by atoms with van der Waals surface area (Å²) in [5.74, 6) is 1.91. The van der Waals surface area contributed by atoms with Crippen molar-refractivity contribution in [2.45, 2.75) is 0 Å². The van der Waals surface area contributed by atoms with E-state index in [9.17, 15) is 0 Å². The van der Waals surface area contributed by atoms with Gasteiger partial charge < -0.3 is 15.2 Å². The molecule has 5 heteroatoms. The van der Waals surface area contributed by atoms with Crippen LogP contribution in [0.3, 0.4) is 0 Å². The highest BCUT2D eigenvalue weighted by Gasteiger charge is 2.12. The van der Waals surface area contributed by atoms with Crippen LogP contribution in [0.4, 0.5) is 5.69 Å². The summed E-state index contributed by atoms with van der Waals surface area (Å²) in [4.78, 5) is 4.28. The molecule has 0 aromatic heterocycles. The fraction of sp³-hybridized carbons (Fsp3) is 0.0625. The topological polar surface area (TPSA) is 56.8 Å². The maximum atomic E-state index is 5.88. The van der Waals surface area contributed by atoms with Crippen molar-refractivity contribution in [1.82, 2.24) is 0 Å². The van der Waals surface area contributed by atoms with E-state index in [1.54, 1.807) is 18.2 Å². The van der Waals surface area contributed by atoms with Gasteiger partial charge in [-0.15, -0.1) is 0 Å². The smallest absolute Gasteiger partial charge is 0.231 e. The molecule has 0 amide bonds. The molecular formula is C16H13ClN2O2. The molecule has 1 aliphatic heterocycles. The van der Waals surface area contributed by atoms with Crippen molar-refractivity contribution in [2.75, 3.05) is 6.79 Å². The van der Waals surface area contributed by atoms with E-state index < -0.39 is 0 Å². The third-order valence-electron chi connectivity index (χ3n) is 2.93. The molecule has 3 rings (SSSR count). The van der Waals surface area contributed by atoms with Crippen LogP contribution in [-0.4, -0.2) is 12.6 Å². The van der Waals surface area contributed by atoms with Gasteiger partial charge >= 0.3 is 0 Å². The van der Waals surface area contributed by atoms with Crippen molar-refractivity contribution < 1.29 is 9.47 Å². The number of hydrogen-bond donors (Lipinski definition) is 1. The van der Waals surface area contributed by atoms with Crippen LogP contribution in [0.1, 0.15) is 5.56 Å². The minimum Gasteiger partial charge on any atom is -0.454 e. The first-order valence-corrected chi connectivity index (χ1v) is 6.76. The lowest BCUT2D eigenvalue weighted by atomic mass is 10.2. The quantitative estimate of drug-likeness (QED) is 0.693. The number of halogens is 1. The van der Waals surface area contributed by atoms with E-state index in [2.05, 4.69) is 4.99 Å². The highest BCUT2D eigenvalue weighted by molar-refractivity contribution is 6.30. The second-order valence-electron chi connectivity index (χ2n) is 4.46. The predicted octanol–water partition coefficient (Wildman–Crippen LogP) is 3.77. The minimum atomic E-state index is 0.267. The molecule has 0 radical (unpaired) electrons. The summed E-state index contributed by atoms with van der Waals surface area (Å²) in [5.41, 5.74) is 7.60. The first-order valence-electron chi connectivity index (χ1n) is 6.38. The van der Waals surface area contributed by atoms with E-state index in [1.807, 2.05) is 36.4 Å². The first kappa shape index (κ1) is 13.5. The number of hydrogen-bond acceptors (Lipinski definition) is 3. The fourth-order valence-corrected chi connectivity index (χ4v) is 2.03. The highest BCUT2D eigenvalue weighted by atomic mass is 35.5. The van der Waals surface area contributed by atoms with Crippen molar-refractivity contribution in [2.24, 2.45) is 10.7 Å². The molecule has 106 valence electrons. The third-order valence-corrected chi connectivity index (χ3v) is 3.18. The van der Waals surface area contributed by atoms with E-state index in [4.69, 9.17) is 26.8 Å². The van der Waals surface area contributed by atoms with Crippen molar-refractivity contribution in [3.05, 3.63) is 59.1 Å². The van der Waals surface area contributed by atoms with Crippen LogP contribution in [0.15, 0.2) is 53.5 Å². The van der Waals surface area contributed by atoms with Gasteiger partial charge in [-0.05, 0) is 48.0 Å². The summed E-state index contributed by atoms with van der Waals surface area (Å²) in [6, 6.07) is 12.9. The largest absolute Gasteiger partial charge is 0.454 e. The Hall–Kier alpha value is -2.46. The normalized spacial score (nSPS) is 13.9. The Kier molecular flexibility index (Phi) is 3.79. The molecule has 1 aliphatic rings. The Morgan fingerprint density at radius 2 is 1.86 bits per heavy atom. The van der Waals surface area contributed by atoms with Crippen molar-refractivity contribution in [3.63, 3.8) is 0 Å². The summed E-state index contributed by atoms with van der Waals surface area (Å²) >= 11 is 5.82. The summed E-state index contributed by atoms with van der Waals surface area (Å²) in [5, 5.41) is 0.670. The molecule has 2 N–H and O–H groups in total. The highest BCUT2D eigenvalue weighted by Crippen LogP contribution is 2.32. The molecule has 21 heavy (non-hydrogen) atoms. The standard InChI is InChI=1S/C16H13ClN2O2/c17-12-3-5-13(6-4-12)19-16(18)8-2-11-1-7-14-15(9-11)21-10-20-14/h1-9H,10H2,(H2,18,19). The van der Waals surface area contributed by atoms with Gasteiger partial charge in [0, 0.05) is 5.02 Å². The van der Waals surface area contributed by atoms with E-state index >= 15 is 0 Å². The van der Waals surface area contributed by atoms with Crippen molar-refractivity contribution in [3.8, 4) is 11.5 Å². The minimum absolute atomic E-state index is 0.267. The second-order valence-corrected chi connectivity index (χ2v) is 4.90. The molecule has 0 unspecified atom stereocenters. The summed E-state index contributed by atoms with van der Waals surface area (Å²) in [6.07, 6.45) is 3.61. The van der Waals surface area contributed by atoms with Crippen LogP contribution >= 0.6 is 11.6 Å². The maximum absolute atomic E-state index is 5.88. The van der Waals surface area contributed by atoms with Gasteiger partial charge in [-0.3, -0.25) is 0 Å². The molecule has 0 bridgehead atoms. The average molecular weight is 301 g/mol. The summed E-state index contributed by atoms with van der Waals surface area (Å²) < 4.78 is 10.6. The van der Waals surface area contributed by atoms with Gasteiger partial charge in [-0.2, -0.15) is 0 Å². The molecular weight excluding hydrogens is 288 g/mol. The number of nitrogens with zero attached hydrogens (tertiary/aromatic N) is 1. The van der Waals surface area contributed by atoms with Crippen molar-refractivity contribution in [1.29, 1.82) is 0 Å². The van der Waals surface area contributed by atoms with E-state index in [0.29, 0.717) is 10.9 Å². The van der Waals surface area contributed by atoms with Crippen molar-refractivity contribution >= 4 is 29.2 Å². The number of benzene rings is 2. The number of amidine groups is 1. The number of fused-ring (bicyclic) bond motifs is 1. The van der Waals surface area contributed by atoms with Gasteiger partial charge in [0.1, 0.15) is 5.84 Å². The lowest BCUT2D eigenvalue weighted by Gasteiger charge is -1.98. The monoisotopic (exact) mass is 300 g/mol. The second kappa shape index (κ2) is 5.89. The van der Waals surface area contributed by atoms with Gasteiger partial charge in [-0.1, -0.05) is 23.7 Å². The first-order chi connectivity index (χ1) is 10.2. The molecule has 1 heterocycles. The Morgan fingerprint density at radius 3 is 2.67 bits per heavy atom. The zero-order chi connectivity index (χ0) is 14.7. The molecule has 0 saturated heterocycles. The molecule has 0 aliphatic carbocycles. The van der Waals surface area contributed by atoms with E-state index in [1.165, 1.54) is 0 Å². The van der Waals surface area contributed by atoms with Gasteiger partial charge in [0.2, 0.25) is 6.79 Å².